The average molecular weight is 813 g/mol. The number of Topliss-reactive ketones (excluding diaryl/α,β-unsaturated/α-hetero) is 1. The molecule has 58 heavy (non-hydrogen) atoms. The highest BCUT2D eigenvalue weighted by molar-refractivity contribution is 5.80. The highest BCUT2D eigenvalue weighted by atomic mass is 16.5. The Hall–Kier alpha value is -1.71. The molecule has 0 amide bonds. The molecule has 0 aliphatic rings. The number of esters is 1. The lowest BCUT2D eigenvalue weighted by Crippen LogP contribution is -2.14. The maximum absolute atomic E-state index is 13.2. The van der Waals surface area contributed by atoms with Crippen LogP contribution in [0.5, 0.6) is 0 Å². The molecule has 0 spiro atoms. The van der Waals surface area contributed by atoms with E-state index in [0.717, 1.165) is 89.3 Å². The average Bonchev–Trinajstić information content (AvgIpc) is 3.21. The monoisotopic (exact) mass is 813 g/mol. The van der Waals surface area contributed by atoms with Crippen molar-refractivity contribution in [3.05, 3.63) is 24.3 Å². The Morgan fingerprint density at radius 2 is 0.828 bits per heavy atom. The third-order valence-electron chi connectivity index (χ3n) is 12.1. The highest BCUT2D eigenvalue weighted by Gasteiger charge is 2.17. The first-order valence-corrected chi connectivity index (χ1v) is 25.9. The summed E-state index contributed by atoms with van der Waals surface area (Å²) < 4.78 is 5.50. The molecule has 0 aliphatic heterocycles. The molecule has 0 fully saturated rings. The molecular formula is C54H100O4. The van der Waals surface area contributed by atoms with Crippen LogP contribution in [0.1, 0.15) is 284 Å². The summed E-state index contributed by atoms with van der Waals surface area (Å²) in [5.74, 6) is 1.55. The van der Waals surface area contributed by atoms with Gasteiger partial charge in [0, 0.05) is 25.2 Å². The van der Waals surface area contributed by atoms with E-state index in [1.165, 1.54) is 173 Å². The predicted octanol–water partition coefficient (Wildman–Crippen LogP) is 17.7. The van der Waals surface area contributed by atoms with Crippen molar-refractivity contribution in [2.24, 2.45) is 11.8 Å². The summed E-state index contributed by atoms with van der Waals surface area (Å²) in [6.07, 6.45) is 58.9. The van der Waals surface area contributed by atoms with Crippen molar-refractivity contribution in [3.8, 4) is 0 Å². The van der Waals surface area contributed by atoms with Gasteiger partial charge in [-0.05, 0) is 76.5 Å². The molecule has 0 aromatic heterocycles. The SMILES string of the molecule is CCCCCC=CCC=CCCCCCCCC(=O)C(CCCCCC=O)CCCCCCCCCCC(=O)OCCCCCCCCCCCCCCCC(C)C. The van der Waals surface area contributed by atoms with Gasteiger partial charge in [0.25, 0.3) is 0 Å². The minimum atomic E-state index is -0.0109. The lowest BCUT2D eigenvalue weighted by atomic mass is 9.88. The van der Waals surface area contributed by atoms with E-state index in [1.54, 1.807) is 0 Å². The van der Waals surface area contributed by atoms with Crippen LogP contribution in [0.15, 0.2) is 24.3 Å². The second-order valence-electron chi connectivity index (χ2n) is 18.3. The van der Waals surface area contributed by atoms with Gasteiger partial charge in [0.1, 0.15) is 12.1 Å². The zero-order chi connectivity index (χ0) is 42.3. The van der Waals surface area contributed by atoms with Crippen molar-refractivity contribution in [1.29, 1.82) is 0 Å². The lowest BCUT2D eigenvalue weighted by Gasteiger charge is -2.16. The van der Waals surface area contributed by atoms with Crippen LogP contribution in [0.2, 0.25) is 0 Å². The Labute approximate surface area is 362 Å². The number of unbranched alkanes of at least 4 members (excludes halogenated alkanes) is 30. The van der Waals surface area contributed by atoms with Crippen LogP contribution >= 0.6 is 0 Å². The minimum absolute atomic E-state index is 0.0109. The Kier molecular flexibility index (Phi) is 46.5. The van der Waals surface area contributed by atoms with Crippen LogP contribution < -0.4 is 0 Å². The first kappa shape index (κ1) is 56.3. The van der Waals surface area contributed by atoms with Crippen molar-refractivity contribution < 1.29 is 19.1 Å². The number of ketones is 1. The maximum atomic E-state index is 13.2. The number of hydrogen-bond donors (Lipinski definition) is 0. The van der Waals surface area contributed by atoms with Gasteiger partial charge in [-0.3, -0.25) is 9.59 Å². The molecule has 0 rings (SSSR count). The summed E-state index contributed by atoms with van der Waals surface area (Å²) >= 11 is 0. The topological polar surface area (TPSA) is 60.4 Å². The maximum Gasteiger partial charge on any atom is 0.305 e. The van der Waals surface area contributed by atoms with E-state index in [2.05, 4.69) is 45.1 Å². The van der Waals surface area contributed by atoms with Gasteiger partial charge in [-0.1, -0.05) is 218 Å². The number of aldehydes is 1. The van der Waals surface area contributed by atoms with Gasteiger partial charge in [0.15, 0.2) is 0 Å². The summed E-state index contributed by atoms with van der Waals surface area (Å²) in [7, 11) is 0. The van der Waals surface area contributed by atoms with Gasteiger partial charge in [-0.15, -0.1) is 0 Å². The fourth-order valence-electron chi connectivity index (χ4n) is 8.15. The normalized spacial score (nSPS) is 12.3. The van der Waals surface area contributed by atoms with Gasteiger partial charge in [0.2, 0.25) is 0 Å². The van der Waals surface area contributed by atoms with Gasteiger partial charge in [0.05, 0.1) is 6.61 Å². The van der Waals surface area contributed by atoms with Crippen molar-refractivity contribution in [1.82, 2.24) is 0 Å². The molecule has 340 valence electrons. The molecular weight excluding hydrogens is 713 g/mol. The van der Waals surface area contributed by atoms with Crippen LogP contribution in [0.25, 0.3) is 0 Å². The van der Waals surface area contributed by atoms with Crippen molar-refractivity contribution in [2.45, 2.75) is 284 Å². The second kappa shape index (κ2) is 48.0. The molecule has 0 saturated heterocycles. The number of rotatable bonds is 48. The highest BCUT2D eigenvalue weighted by Crippen LogP contribution is 2.23. The standard InChI is InChI=1S/C54H100O4/c1-4-5-6-7-8-9-10-11-12-15-18-21-27-32-40-47-53(56)52(46-39-34-35-42-49-55)45-38-31-26-22-23-28-33-41-48-54(57)58-50-43-36-29-24-19-16-13-14-17-20-25-30-37-44-51(2)3/h8-9,11-12,49,51-52H,4-7,10,13-48,50H2,1-3H3. The van der Waals surface area contributed by atoms with Crippen LogP contribution in [0, 0.1) is 11.8 Å². The Bertz CT molecular complexity index is 920. The van der Waals surface area contributed by atoms with Crippen LogP contribution in [0.3, 0.4) is 0 Å². The number of carbonyl (C=O) groups excluding carboxylic acids is 3. The van der Waals surface area contributed by atoms with E-state index in [9.17, 15) is 14.4 Å². The molecule has 4 nitrogen and oxygen atoms in total. The van der Waals surface area contributed by atoms with Crippen molar-refractivity contribution in [2.75, 3.05) is 6.61 Å². The zero-order valence-electron chi connectivity index (χ0n) is 39.4. The Morgan fingerprint density at radius 3 is 1.33 bits per heavy atom. The molecule has 0 aromatic carbocycles. The molecule has 0 radical (unpaired) electrons. The molecule has 0 N–H and O–H groups in total. The predicted molar refractivity (Wildman–Crippen MR) is 254 cm³/mol. The van der Waals surface area contributed by atoms with Crippen molar-refractivity contribution in [3.63, 3.8) is 0 Å². The van der Waals surface area contributed by atoms with Crippen LogP contribution in [-0.2, 0) is 19.1 Å². The van der Waals surface area contributed by atoms with Crippen molar-refractivity contribution >= 4 is 18.0 Å². The summed E-state index contributed by atoms with van der Waals surface area (Å²) in [4.78, 5) is 36.1. The third-order valence-corrected chi connectivity index (χ3v) is 12.1. The molecule has 0 saturated carbocycles. The van der Waals surface area contributed by atoms with Gasteiger partial charge < -0.3 is 9.53 Å². The molecule has 0 aromatic rings. The molecule has 4 heteroatoms. The second-order valence-corrected chi connectivity index (χ2v) is 18.3. The van der Waals surface area contributed by atoms with E-state index >= 15 is 0 Å². The summed E-state index contributed by atoms with van der Waals surface area (Å²) in [5.41, 5.74) is 0. The number of carbonyl (C=O) groups is 3. The smallest absolute Gasteiger partial charge is 0.305 e. The summed E-state index contributed by atoms with van der Waals surface area (Å²) in [6, 6.07) is 0. The van der Waals surface area contributed by atoms with E-state index in [0.29, 0.717) is 25.2 Å². The van der Waals surface area contributed by atoms with E-state index in [1.807, 2.05) is 0 Å². The lowest BCUT2D eigenvalue weighted by molar-refractivity contribution is -0.144. The molecule has 1 unspecified atom stereocenters. The molecule has 0 bridgehead atoms. The van der Waals surface area contributed by atoms with E-state index in [-0.39, 0.29) is 11.9 Å². The van der Waals surface area contributed by atoms with Gasteiger partial charge in [-0.25, -0.2) is 0 Å². The molecule has 0 aliphatic carbocycles. The third kappa shape index (κ3) is 45.4. The van der Waals surface area contributed by atoms with Gasteiger partial charge in [-0.2, -0.15) is 0 Å². The summed E-state index contributed by atoms with van der Waals surface area (Å²) in [5, 5.41) is 0. The first-order valence-electron chi connectivity index (χ1n) is 25.9. The number of allylic oxidation sites excluding steroid dienone is 4. The number of ether oxygens (including phenoxy) is 1. The zero-order valence-corrected chi connectivity index (χ0v) is 39.4. The number of hydrogen-bond acceptors (Lipinski definition) is 4. The van der Waals surface area contributed by atoms with Gasteiger partial charge >= 0.3 is 5.97 Å². The Morgan fingerprint density at radius 1 is 0.431 bits per heavy atom. The molecule has 1 atom stereocenters. The quantitative estimate of drug-likeness (QED) is 0.0266. The van der Waals surface area contributed by atoms with E-state index < -0.39 is 0 Å². The fraction of sp³-hybridized carbons (Fsp3) is 0.870. The molecule has 0 heterocycles. The summed E-state index contributed by atoms with van der Waals surface area (Å²) in [6.45, 7) is 7.50. The largest absolute Gasteiger partial charge is 0.466 e. The first-order chi connectivity index (χ1) is 28.5. The van der Waals surface area contributed by atoms with E-state index in [4.69, 9.17) is 4.74 Å². The minimum Gasteiger partial charge on any atom is -0.466 e. The van der Waals surface area contributed by atoms with Crippen LogP contribution in [-0.4, -0.2) is 24.6 Å². The Balaban J connectivity index is 3.78. The fourth-order valence-corrected chi connectivity index (χ4v) is 8.15. The van der Waals surface area contributed by atoms with Crippen LogP contribution in [0.4, 0.5) is 0 Å².